The molecule has 2 aliphatic rings. The molecule has 1 aliphatic carbocycles. The summed E-state index contributed by atoms with van der Waals surface area (Å²) in [6.45, 7) is 9.36. The summed E-state index contributed by atoms with van der Waals surface area (Å²) in [5.41, 5.74) is 12.4. The number of hydrogen-bond donors (Lipinski definition) is 1. The number of para-hydroxylation sites is 1. The number of hydrogen-bond acceptors (Lipinski definition) is 5. The van der Waals surface area contributed by atoms with Crippen molar-refractivity contribution in [3.05, 3.63) is 59.2 Å². The van der Waals surface area contributed by atoms with Crippen LogP contribution in [0.1, 0.15) is 55.2 Å². The maximum Gasteiger partial charge on any atom is 0.172 e. The van der Waals surface area contributed by atoms with Gasteiger partial charge >= 0.3 is 0 Å². The van der Waals surface area contributed by atoms with Gasteiger partial charge in [0.25, 0.3) is 0 Å². The minimum absolute atomic E-state index is 0.549. The summed E-state index contributed by atoms with van der Waals surface area (Å²) in [5, 5.41) is 0. The predicted molar refractivity (Wildman–Crippen MR) is 124 cm³/mol. The van der Waals surface area contributed by atoms with E-state index in [1.165, 1.54) is 29.5 Å². The molecule has 1 saturated heterocycles. The van der Waals surface area contributed by atoms with Gasteiger partial charge in [0.05, 0.1) is 11.0 Å². The van der Waals surface area contributed by atoms with Gasteiger partial charge in [-0.05, 0) is 47.4 Å². The number of piperazine rings is 1. The summed E-state index contributed by atoms with van der Waals surface area (Å²) < 4.78 is 0. The highest BCUT2D eigenvalue weighted by atomic mass is 15.3. The second-order valence-corrected chi connectivity index (χ2v) is 9.08. The number of nitrogens with two attached hydrogens (primary N) is 1. The number of rotatable bonds is 5. The maximum absolute atomic E-state index is 6.33. The molecule has 1 aromatic heterocycles. The first kappa shape index (κ1) is 19.3. The molecule has 0 unspecified atom stereocenters. The lowest BCUT2D eigenvalue weighted by atomic mass is 10.0. The van der Waals surface area contributed by atoms with Crippen molar-refractivity contribution in [2.75, 3.05) is 36.8 Å². The Bertz CT molecular complexity index is 1030. The maximum atomic E-state index is 6.33. The summed E-state index contributed by atoms with van der Waals surface area (Å²) in [5.74, 6) is 2.64. The van der Waals surface area contributed by atoms with Crippen molar-refractivity contribution in [2.24, 2.45) is 0 Å². The van der Waals surface area contributed by atoms with Crippen molar-refractivity contribution in [3.63, 3.8) is 0 Å². The summed E-state index contributed by atoms with van der Waals surface area (Å²) in [7, 11) is 0. The number of nitrogen functional groups attached to an aromatic ring is 1. The number of nitrogens with zero attached hydrogens (tertiary/aromatic N) is 4. The Morgan fingerprint density at radius 2 is 1.70 bits per heavy atom. The van der Waals surface area contributed by atoms with Crippen molar-refractivity contribution in [1.82, 2.24) is 14.9 Å². The molecule has 30 heavy (non-hydrogen) atoms. The highest BCUT2D eigenvalue weighted by Crippen LogP contribution is 2.43. The average molecular weight is 402 g/mol. The molecule has 2 N–H and O–H groups in total. The molecule has 2 heterocycles. The molecule has 1 aliphatic heterocycles. The van der Waals surface area contributed by atoms with Crippen LogP contribution in [0.3, 0.4) is 0 Å². The van der Waals surface area contributed by atoms with Gasteiger partial charge in [-0.1, -0.05) is 50.2 Å². The van der Waals surface area contributed by atoms with Gasteiger partial charge < -0.3 is 10.6 Å². The fourth-order valence-electron chi connectivity index (χ4n) is 4.44. The van der Waals surface area contributed by atoms with E-state index in [1.54, 1.807) is 0 Å². The Morgan fingerprint density at radius 1 is 0.967 bits per heavy atom. The predicted octanol–water partition coefficient (Wildman–Crippen LogP) is 4.54. The van der Waals surface area contributed by atoms with Crippen LogP contribution >= 0.6 is 0 Å². The summed E-state index contributed by atoms with van der Waals surface area (Å²) in [6.07, 6.45) is 2.52. The first-order valence-electron chi connectivity index (χ1n) is 11.2. The quantitative estimate of drug-likeness (QED) is 0.680. The standard InChI is InChI=1S/C25H31N5/c1-17(2)19-8-6-18(7-9-19)16-29-12-14-30(15-13-29)25-24(26)27-22-5-3-4-21(20-10-11-20)23(22)28-25/h3-9,17,20H,10-16H2,1-2H3,(H2,26,27). The number of benzene rings is 2. The van der Waals surface area contributed by atoms with Gasteiger partial charge in [0.1, 0.15) is 0 Å². The van der Waals surface area contributed by atoms with E-state index in [0.717, 1.165) is 49.6 Å². The molecule has 156 valence electrons. The molecule has 5 heteroatoms. The van der Waals surface area contributed by atoms with E-state index in [2.05, 4.69) is 60.0 Å². The Hall–Kier alpha value is -2.66. The van der Waals surface area contributed by atoms with Crippen LogP contribution in [-0.4, -0.2) is 41.0 Å². The monoisotopic (exact) mass is 401 g/mol. The van der Waals surface area contributed by atoms with Crippen molar-refractivity contribution < 1.29 is 0 Å². The van der Waals surface area contributed by atoms with E-state index < -0.39 is 0 Å². The molecule has 2 aromatic carbocycles. The second-order valence-electron chi connectivity index (χ2n) is 9.08. The minimum Gasteiger partial charge on any atom is -0.381 e. The SMILES string of the molecule is CC(C)c1ccc(CN2CCN(c3nc4c(C5CC5)cccc4nc3N)CC2)cc1. The van der Waals surface area contributed by atoms with E-state index in [9.17, 15) is 0 Å². The van der Waals surface area contributed by atoms with E-state index in [-0.39, 0.29) is 0 Å². The molecular formula is C25H31N5. The lowest BCUT2D eigenvalue weighted by Crippen LogP contribution is -2.46. The molecule has 0 amide bonds. The molecule has 5 nitrogen and oxygen atoms in total. The minimum atomic E-state index is 0.549. The Balaban J connectivity index is 1.29. The molecule has 0 spiro atoms. The Kier molecular flexibility index (Phi) is 5.07. The first-order chi connectivity index (χ1) is 14.6. The highest BCUT2D eigenvalue weighted by Gasteiger charge is 2.27. The van der Waals surface area contributed by atoms with Gasteiger partial charge in [0.2, 0.25) is 0 Å². The smallest absolute Gasteiger partial charge is 0.172 e. The van der Waals surface area contributed by atoms with Crippen LogP contribution in [0.4, 0.5) is 11.6 Å². The molecule has 2 fully saturated rings. The number of anilines is 2. The van der Waals surface area contributed by atoms with E-state index in [4.69, 9.17) is 15.7 Å². The molecule has 5 rings (SSSR count). The third-order valence-corrected chi connectivity index (χ3v) is 6.48. The van der Waals surface area contributed by atoms with Crippen LogP contribution in [0.5, 0.6) is 0 Å². The fourth-order valence-corrected chi connectivity index (χ4v) is 4.44. The van der Waals surface area contributed by atoms with Crippen LogP contribution < -0.4 is 10.6 Å². The Labute approximate surface area is 178 Å². The zero-order valence-corrected chi connectivity index (χ0v) is 18.0. The fraction of sp³-hybridized carbons (Fsp3) is 0.440. The van der Waals surface area contributed by atoms with Crippen LogP contribution in [0.25, 0.3) is 11.0 Å². The van der Waals surface area contributed by atoms with Crippen molar-refractivity contribution in [2.45, 2.75) is 45.1 Å². The van der Waals surface area contributed by atoms with Crippen molar-refractivity contribution in [1.29, 1.82) is 0 Å². The first-order valence-corrected chi connectivity index (χ1v) is 11.2. The topological polar surface area (TPSA) is 58.3 Å². The summed E-state index contributed by atoms with van der Waals surface area (Å²) in [6, 6.07) is 15.4. The molecule has 3 aromatic rings. The van der Waals surface area contributed by atoms with Crippen LogP contribution in [0.15, 0.2) is 42.5 Å². The van der Waals surface area contributed by atoms with Gasteiger partial charge in [-0.2, -0.15) is 0 Å². The highest BCUT2D eigenvalue weighted by molar-refractivity contribution is 5.83. The van der Waals surface area contributed by atoms with E-state index in [0.29, 0.717) is 17.7 Å². The normalized spacial score (nSPS) is 17.8. The zero-order valence-electron chi connectivity index (χ0n) is 18.0. The molecule has 0 atom stereocenters. The lowest BCUT2D eigenvalue weighted by molar-refractivity contribution is 0.249. The third kappa shape index (κ3) is 3.86. The summed E-state index contributed by atoms with van der Waals surface area (Å²) in [4.78, 5) is 14.5. The molecular weight excluding hydrogens is 370 g/mol. The van der Waals surface area contributed by atoms with Gasteiger partial charge in [-0.15, -0.1) is 0 Å². The van der Waals surface area contributed by atoms with Crippen LogP contribution in [0, 0.1) is 0 Å². The van der Waals surface area contributed by atoms with Crippen LogP contribution in [-0.2, 0) is 6.54 Å². The molecule has 0 radical (unpaired) electrons. The van der Waals surface area contributed by atoms with Gasteiger partial charge in [-0.3, -0.25) is 4.90 Å². The summed E-state index contributed by atoms with van der Waals surface area (Å²) >= 11 is 0. The lowest BCUT2D eigenvalue weighted by Gasteiger charge is -2.35. The van der Waals surface area contributed by atoms with Crippen molar-refractivity contribution in [3.8, 4) is 0 Å². The molecule has 0 bridgehead atoms. The third-order valence-electron chi connectivity index (χ3n) is 6.48. The van der Waals surface area contributed by atoms with Crippen LogP contribution in [0.2, 0.25) is 0 Å². The van der Waals surface area contributed by atoms with Gasteiger partial charge in [0.15, 0.2) is 11.6 Å². The zero-order chi connectivity index (χ0) is 20.7. The van der Waals surface area contributed by atoms with Gasteiger partial charge in [-0.25, -0.2) is 9.97 Å². The number of fused-ring (bicyclic) bond motifs is 1. The average Bonchev–Trinajstić information content (AvgIpc) is 3.59. The largest absolute Gasteiger partial charge is 0.381 e. The number of aromatic nitrogens is 2. The van der Waals surface area contributed by atoms with E-state index in [1.807, 2.05) is 6.07 Å². The van der Waals surface area contributed by atoms with Crippen molar-refractivity contribution >= 4 is 22.7 Å². The van der Waals surface area contributed by atoms with E-state index >= 15 is 0 Å². The van der Waals surface area contributed by atoms with Gasteiger partial charge in [0, 0.05) is 32.7 Å². The Morgan fingerprint density at radius 3 is 2.37 bits per heavy atom. The second kappa shape index (κ2) is 7.88. The molecule has 1 saturated carbocycles.